The molecule has 0 aromatic heterocycles. The normalized spacial score (nSPS) is 14.5. The largest absolute Gasteiger partial charge is 0.508 e. The fourth-order valence-corrected chi connectivity index (χ4v) is 2.33. The number of hydrogen-bond acceptors (Lipinski definition) is 3. The first-order valence-electron chi connectivity index (χ1n) is 4.39. The van der Waals surface area contributed by atoms with Crippen molar-refractivity contribution < 1.29 is 15.0 Å². The average Bonchev–Trinajstić information content (AvgIpc) is 2.19. The van der Waals surface area contributed by atoms with Gasteiger partial charge >= 0.3 is 5.97 Å². The Kier molecular flexibility index (Phi) is 4.34. The fourth-order valence-electron chi connectivity index (χ4n) is 1.25. The monoisotopic (exact) mass is 321 g/mol. The van der Waals surface area contributed by atoms with E-state index in [1.165, 1.54) is 0 Å². The molecular weight excluding hydrogens is 309 g/mol. The Balaban J connectivity index is 2.87. The molecule has 82 valence electrons. The van der Waals surface area contributed by atoms with Gasteiger partial charge in [-0.3, -0.25) is 4.79 Å². The lowest BCUT2D eigenvalue weighted by atomic mass is 10.1. The number of aliphatic carboxylic acids is 1. The van der Waals surface area contributed by atoms with Crippen LogP contribution in [0.2, 0.25) is 0 Å². The van der Waals surface area contributed by atoms with Crippen molar-refractivity contribution in [2.24, 2.45) is 0 Å². The number of aromatic hydroxyl groups is 1. The summed E-state index contributed by atoms with van der Waals surface area (Å²) in [6.07, 6.45) is 0. The zero-order chi connectivity index (χ0) is 11.4. The summed E-state index contributed by atoms with van der Waals surface area (Å²) in [6.45, 7) is 0. The molecule has 1 aromatic rings. The first kappa shape index (κ1) is 12.3. The number of phenolic OH excluding ortho intramolecular Hbond substituents is 1. The number of likely N-dealkylation sites (N-methyl/N-ethyl adjacent to an activating group) is 1. The predicted octanol–water partition coefficient (Wildman–Crippen LogP) is 1.54. The number of hydrogen-bond donors (Lipinski definition) is 3. The van der Waals surface area contributed by atoms with Gasteiger partial charge < -0.3 is 15.5 Å². The Labute approximate surface area is 101 Å². The average molecular weight is 321 g/mol. The summed E-state index contributed by atoms with van der Waals surface area (Å²) >= 11 is 2.07. The number of phenols is 1. The maximum Gasteiger partial charge on any atom is 0.322 e. The second kappa shape index (κ2) is 5.32. The van der Waals surface area contributed by atoms with Crippen LogP contribution in [0.15, 0.2) is 24.3 Å². The van der Waals surface area contributed by atoms with Crippen LogP contribution in [0.25, 0.3) is 0 Å². The maximum atomic E-state index is 10.9. The quantitative estimate of drug-likeness (QED) is 0.581. The number of halogens is 1. The predicted molar refractivity (Wildman–Crippen MR) is 65.4 cm³/mol. The molecule has 0 aliphatic rings. The Bertz CT molecular complexity index is 339. The van der Waals surface area contributed by atoms with Crippen molar-refractivity contribution in [3.8, 4) is 5.75 Å². The van der Waals surface area contributed by atoms with Crippen molar-refractivity contribution in [1.29, 1.82) is 0 Å². The van der Waals surface area contributed by atoms with Crippen LogP contribution in [0, 0.1) is 0 Å². The van der Waals surface area contributed by atoms with Crippen LogP contribution < -0.4 is 5.32 Å². The molecule has 3 N–H and O–H groups in total. The molecule has 0 aliphatic heterocycles. The van der Waals surface area contributed by atoms with Crippen molar-refractivity contribution in [3.63, 3.8) is 0 Å². The van der Waals surface area contributed by atoms with Crippen LogP contribution in [-0.2, 0) is 4.79 Å². The summed E-state index contributed by atoms with van der Waals surface area (Å²) in [7, 11) is 1.62. The molecule has 0 amide bonds. The lowest BCUT2D eigenvalue weighted by Crippen LogP contribution is -2.37. The highest BCUT2D eigenvalue weighted by Crippen LogP contribution is 2.28. The van der Waals surface area contributed by atoms with Crippen LogP contribution in [-0.4, -0.2) is 29.3 Å². The lowest BCUT2D eigenvalue weighted by molar-refractivity contribution is -0.139. The highest BCUT2D eigenvalue weighted by Gasteiger charge is 2.25. The van der Waals surface area contributed by atoms with Crippen molar-refractivity contribution in [3.05, 3.63) is 29.8 Å². The topological polar surface area (TPSA) is 69.6 Å². The van der Waals surface area contributed by atoms with Crippen molar-refractivity contribution >= 4 is 28.6 Å². The zero-order valence-corrected chi connectivity index (χ0v) is 10.3. The van der Waals surface area contributed by atoms with Crippen LogP contribution in [0.3, 0.4) is 0 Å². The minimum atomic E-state index is -0.884. The van der Waals surface area contributed by atoms with E-state index in [1.807, 2.05) is 0 Å². The van der Waals surface area contributed by atoms with E-state index in [1.54, 1.807) is 31.3 Å². The Morgan fingerprint density at radius 1 is 1.40 bits per heavy atom. The van der Waals surface area contributed by atoms with Gasteiger partial charge in [-0.25, -0.2) is 0 Å². The van der Waals surface area contributed by atoms with Gasteiger partial charge in [-0.15, -0.1) is 0 Å². The van der Waals surface area contributed by atoms with Gasteiger partial charge in [0.05, 0.1) is 3.92 Å². The maximum absolute atomic E-state index is 10.9. The van der Waals surface area contributed by atoms with E-state index in [0.29, 0.717) is 0 Å². The van der Waals surface area contributed by atoms with Crippen molar-refractivity contribution in [2.75, 3.05) is 7.05 Å². The Morgan fingerprint density at radius 2 is 1.93 bits per heavy atom. The minimum absolute atomic E-state index is 0.175. The minimum Gasteiger partial charge on any atom is -0.508 e. The van der Waals surface area contributed by atoms with Crippen LogP contribution >= 0.6 is 22.6 Å². The van der Waals surface area contributed by atoms with Crippen molar-refractivity contribution in [1.82, 2.24) is 5.32 Å². The molecule has 0 spiro atoms. The molecular formula is C10H12INO3. The fraction of sp³-hybridized carbons (Fsp3) is 0.300. The first-order chi connectivity index (χ1) is 7.06. The van der Waals surface area contributed by atoms with Crippen LogP contribution in [0.1, 0.15) is 9.49 Å². The highest BCUT2D eigenvalue weighted by atomic mass is 127. The van der Waals surface area contributed by atoms with Crippen LogP contribution in [0.4, 0.5) is 0 Å². The standard InChI is InChI=1S/C10H12INO3/c1-12-9(10(14)15)8(11)6-2-4-7(13)5-3-6/h2-5,8-9,12-13H,1H3,(H,14,15)/t8?,9-/m0/s1. The third kappa shape index (κ3) is 3.07. The lowest BCUT2D eigenvalue weighted by Gasteiger charge is -2.18. The summed E-state index contributed by atoms with van der Waals surface area (Å²) in [5.41, 5.74) is 0.871. The molecule has 1 aromatic carbocycles. The highest BCUT2D eigenvalue weighted by molar-refractivity contribution is 14.1. The van der Waals surface area contributed by atoms with E-state index in [9.17, 15) is 4.79 Å². The van der Waals surface area contributed by atoms with E-state index < -0.39 is 12.0 Å². The molecule has 5 heteroatoms. The molecule has 0 aliphatic carbocycles. The van der Waals surface area contributed by atoms with Gasteiger partial charge in [0, 0.05) is 0 Å². The molecule has 1 rings (SSSR count). The van der Waals surface area contributed by atoms with E-state index in [4.69, 9.17) is 10.2 Å². The van der Waals surface area contributed by atoms with Gasteiger partial charge in [0.25, 0.3) is 0 Å². The number of carboxylic acids is 1. The first-order valence-corrected chi connectivity index (χ1v) is 5.64. The SMILES string of the molecule is CN[C@H](C(=O)O)C(I)c1ccc(O)cc1. The summed E-state index contributed by atoms with van der Waals surface area (Å²) in [5.74, 6) is -0.705. The van der Waals surface area contributed by atoms with Gasteiger partial charge in [0.2, 0.25) is 0 Å². The molecule has 1 unspecified atom stereocenters. The Morgan fingerprint density at radius 3 is 2.33 bits per heavy atom. The summed E-state index contributed by atoms with van der Waals surface area (Å²) in [4.78, 5) is 10.9. The summed E-state index contributed by atoms with van der Waals surface area (Å²) < 4.78 is -0.175. The molecule has 0 saturated carbocycles. The number of nitrogens with one attached hydrogen (secondary N) is 1. The van der Waals surface area contributed by atoms with Gasteiger partial charge in [-0.1, -0.05) is 34.7 Å². The molecule has 2 atom stereocenters. The molecule has 4 nitrogen and oxygen atoms in total. The molecule has 0 fully saturated rings. The second-order valence-corrected chi connectivity index (χ2v) is 4.44. The molecule has 0 bridgehead atoms. The van der Waals surface area contributed by atoms with Gasteiger partial charge in [-0.2, -0.15) is 0 Å². The molecule has 0 heterocycles. The van der Waals surface area contributed by atoms with E-state index >= 15 is 0 Å². The van der Waals surface area contributed by atoms with Crippen molar-refractivity contribution in [2.45, 2.75) is 9.97 Å². The molecule has 0 radical (unpaired) electrons. The van der Waals surface area contributed by atoms with E-state index in [-0.39, 0.29) is 9.67 Å². The molecule has 0 saturated heterocycles. The summed E-state index contributed by atoms with van der Waals surface area (Å²) in [6, 6.07) is 5.92. The Hall–Kier alpha value is -0.820. The number of carboxylic acid groups (broad SMARTS) is 1. The number of benzene rings is 1. The van der Waals surface area contributed by atoms with E-state index in [0.717, 1.165) is 5.56 Å². The third-order valence-corrected chi connectivity index (χ3v) is 3.52. The number of rotatable bonds is 4. The van der Waals surface area contributed by atoms with E-state index in [2.05, 4.69) is 27.9 Å². The number of carbonyl (C=O) groups is 1. The summed E-state index contributed by atoms with van der Waals surface area (Å²) in [5, 5.41) is 20.8. The van der Waals surface area contributed by atoms with Gasteiger partial charge in [0.15, 0.2) is 0 Å². The zero-order valence-electron chi connectivity index (χ0n) is 8.14. The second-order valence-electron chi connectivity index (χ2n) is 3.10. The van der Waals surface area contributed by atoms with Gasteiger partial charge in [-0.05, 0) is 24.7 Å². The third-order valence-electron chi connectivity index (χ3n) is 2.08. The molecule has 15 heavy (non-hydrogen) atoms. The smallest absolute Gasteiger partial charge is 0.322 e. The van der Waals surface area contributed by atoms with Gasteiger partial charge in [0.1, 0.15) is 11.8 Å². The van der Waals surface area contributed by atoms with Crippen LogP contribution in [0.5, 0.6) is 5.75 Å². The number of alkyl halides is 1.